The van der Waals surface area contributed by atoms with E-state index in [-0.39, 0.29) is 6.04 Å². The van der Waals surface area contributed by atoms with Crippen molar-refractivity contribution in [1.82, 2.24) is 4.31 Å². The van der Waals surface area contributed by atoms with Crippen LogP contribution < -0.4 is 0 Å². The van der Waals surface area contributed by atoms with Crippen LogP contribution in [0.2, 0.25) is 0 Å². The number of hydrogen-bond acceptors (Lipinski definition) is 3. The van der Waals surface area contributed by atoms with E-state index >= 15 is 0 Å². The Morgan fingerprint density at radius 2 is 2.00 bits per heavy atom. The Balaban J connectivity index is 2.00. The molecule has 1 N–H and O–H groups in total. The second kappa shape index (κ2) is 2.51. The molecule has 1 heterocycles. The molecule has 1 aliphatic heterocycles. The molecule has 14 heavy (non-hydrogen) atoms. The van der Waals surface area contributed by atoms with Crippen LogP contribution in [0.5, 0.6) is 0 Å². The average Bonchev–Trinajstić information content (AvgIpc) is 2.58. The first-order chi connectivity index (χ1) is 6.48. The zero-order valence-electron chi connectivity index (χ0n) is 8.13. The fraction of sp³-hybridized carbons (Fsp3) is 1.00. The van der Waals surface area contributed by atoms with Gasteiger partial charge in [0.1, 0.15) is 0 Å². The summed E-state index contributed by atoms with van der Waals surface area (Å²) in [6.45, 7) is 0.641. The van der Waals surface area contributed by atoms with Crippen molar-refractivity contribution in [3.05, 3.63) is 0 Å². The fourth-order valence-corrected chi connectivity index (χ4v) is 4.92. The van der Waals surface area contributed by atoms with Crippen molar-refractivity contribution < 1.29 is 13.5 Å². The number of aliphatic hydroxyl groups is 1. The van der Waals surface area contributed by atoms with Gasteiger partial charge < -0.3 is 5.11 Å². The lowest BCUT2D eigenvalue weighted by Crippen LogP contribution is -2.43. The molecule has 0 radical (unpaired) electrons. The van der Waals surface area contributed by atoms with Gasteiger partial charge in [0.2, 0.25) is 10.0 Å². The van der Waals surface area contributed by atoms with E-state index in [1.54, 1.807) is 0 Å². The molecule has 0 amide bonds. The van der Waals surface area contributed by atoms with Gasteiger partial charge in [0.25, 0.3) is 0 Å². The predicted molar refractivity (Wildman–Crippen MR) is 51.0 cm³/mol. The van der Waals surface area contributed by atoms with Crippen molar-refractivity contribution in [2.45, 2.75) is 25.0 Å². The summed E-state index contributed by atoms with van der Waals surface area (Å²) in [5, 5.41) is 9.93. The highest BCUT2D eigenvalue weighted by atomic mass is 32.2. The second-order valence-corrected chi connectivity index (χ2v) is 6.90. The summed E-state index contributed by atoms with van der Waals surface area (Å²) < 4.78 is 24.5. The molecule has 2 aliphatic carbocycles. The van der Waals surface area contributed by atoms with Crippen molar-refractivity contribution in [2.24, 2.45) is 17.8 Å². The fourth-order valence-electron chi connectivity index (χ4n) is 3.73. The molecule has 3 rings (SSSR count). The van der Waals surface area contributed by atoms with E-state index in [1.807, 2.05) is 0 Å². The van der Waals surface area contributed by atoms with Crippen molar-refractivity contribution in [1.29, 1.82) is 0 Å². The first kappa shape index (κ1) is 9.12. The summed E-state index contributed by atoms with van der Waals surface area (Å²) in [5.41, 5.74) is 0. The molecule has 0 aromatic carbocycles. The molecule has 0 aromatic heterocycles. The van der Waals surface area contributed by atoms with Crippen LogP contribution in [0.1, 0.15) is 12.8 Å². The smallest absolute Gasteiger partial charge is 0.211 e. The summed E-state index contributed by atoms with van der Waals surface area (Å²) >= 11 is 0. The lowest BCUT2D eigenvalue weighted by Gasteiger charge is -2.27. The molecule has 2 saturated carbocycles. The number of sulfonamides is 1. The Labute approximate surface area is 84.0 Å². The molecule has 0 spiro atoms. The van der Waals surface area contributed by atoms with Crippen LogP contribution in [0.4, 0.5) is 0 Å². The van der Waals surface area contributed by atoms with Gasteiger partial charge >= 0.3 is 0 Å². The van der Waals surface area contributed by atoms with Crippen molar-refractivity contribution in [3.8, 4) is 0 Å². The highest BCUT2D eigenvalue weighted by Crippen LogP contribution is 2.55. The van der Waals surface area contributed by atoms with Gasteiger partial charge in [-0.25, -0.2) is 8.42 Å². The minimum Gasteiger partial charge on any atom is -0.391 e. The maximum Gasteiger partial charge on any atom is 0.211 e. The van der Waals surface area contributed by atoms with Crippen LogP contribution in [0.3, 0.4) is 0 Å². The minimum absolute atomic E-state index is 0.103. The normalized spacial score (nSPS) is 51.7. The lowest BCUT2D eigenvalue weighted by molar-refractivity contribution is 0.0732. The number of hydrogen-bond donors (Lipinski definition) is 1. The third-order valence-corrected chi connectivity index (χ3v) is 5.47. The molecule has 0 aromatic rings. The lowest BCUT2D eigenvalue weighted by atomic mass is 9.88. The number of rotatable bonds is 1. The Bertz CT molecular complexity index is 364. The molecule has 4 nitrogen and oxygen atoms in total. The maximum atomic E-state index is 11.5. The van der Waals surface area contributed by atoms with Crippen LogP contribution in [-0.2, 0) is 10.0 Å². The standard InChI is InChI=1S/C9H15NO3S/c1-14(12,13)10-4-6-2-5-3-7(6)8(10)9(5)11/h5-9,11H,2-4H2,1H3. The molecule has 80 valence electrons. The second-order valence-electron chi connectivity index (χ2n) is 4.97. The van der Waals surface area contributed by atoms with E-state index in [9.17, 15) is 13.5 Å². The third kappa shape index (κ3) is 0.978. The molecule has 3 fully saturated rings. The Morgan fingerprint density at radius 3 is 2.57 bits per heavy atom. The monoisotopic (exact) mass is 217 g/mol. The van der Waals surface area contributed by atoms with Gasteiger partial charge in [-0.15, -0.1) is 0 Å². The highest BCUT2D eigenvalue weighted by Gasteiger charge is 2.60. The summed E-state index contributed by atoms with van der Waals surface area (Å²) in [6.07, 6.45) is 2.89. The van der Waals surface area contributed by atoms with Gasteiger partial charge in [-0.2, -0.15) is 4.31 Å². The van der Waals surface area contributed by atoms with E-state index in [0.717, 1.165) is 12.8 Å². The van der Waals surface area contributed by atoms with Crippen molar-refractivity contribution >= 4 is 10.0 Å². The van der Waals surface area contributed by atoms with E-state index in [4.69, 9.17) is 0 Å². The molecular weight excluding hydrogens is 202 g/mol. The molecule has 3 aliphatic rings. The quantitative estimate of drug-likeness (QED) is 0.653. The highest BCUT2D eigenvalue weighted by molar-refractivity contribution is 7.88. The average molecular weight is 217 g/mol. The van der Waals surface area contributed by atoms with Gasteiger partial charge in [0.15, 0.2) is 0 Å². The Morgan fingerprint density at radius 1 is 1.29 bits per heavy atom. The van der Waals surface area contributed by atoms with Gasteiger partial charge in [0.05, 0.1) is 18.4 Å². The van der Waals surface area contributed by atoms with E-state index in [2.05, 4.69) is 0 Å². The summed E-state index contributed by atoms with van der Waals surface area (Å²) in [6, 6.07) is -0.103. The van der Waals surface area contributed by atoms with Gasteiger partial charge in [-0.05, 0) is 30.6 Å². The van der Waals surface area contributed by atoms with Crippen molar-refractivity contribution in [3.63, 3.8) is 0 Å². The molecular formula is C9H15NO3S. The number of fused-ring (bicyclic) bond motifs is 1. The maximum absolute atomic E-state index is 11.5. The first-order valence-corrected chi connectivity index (χ1v) is 6.98. The van der Waals surface area contributed by atoms with Crippen LogP contribution >= 0.6 is 0 Å². The summed E-state index contributed by atoms with van der Waals surface area (Å²) in [4.78, 5) is 0. The minimum atomic E-state index is -3.12. The van der Waals surface area contributed by atoms with Gasteiger partial charge in [-0.3, -0.25) is 0 Å². The summed E-state index contributed by atoms with van der Waals surface area (Å²) in [5.74, 6) is 1.31. The Kier molecular flexibility index (Phi) is 1.64. The SMILES string of the molecule is CS(=O)(=O)N1CC2CC3CC2C1C3O. The van der Waals surface area contributed by atoms with E-state index in [0.29, 0.717) is 24.3 Å². The first-order valence-electron chi connectivity index (χ1n) is 5.13. The number of aliphatic hydroxyl groups excluding tert-OH is 1. The molecule has 5 heteroatoms. The van der Waals surface area contributed by atoms with Crippen molar-refractivity contribution in [2.75, 3.05) is 12.8 Å². The zero-order chi connectivity index (χ0) is 10.1. The molecule has 1 saturated heterocycles. The zero-order valence-corrected chi connectivity index (χ0v) is 8.94. The molecule has 5 atom stereocenters. The molecule has 2 bridgehead atoms. The number of nitrogens with zero attached hydrogens (tertiary/aromatic N) is 1. The molecule has 5 unspecified atom stereocenters. The van der Waals surface area contributed by atoms with Crippen LogP contribution in [0.15, 0.2) is 0 Å². The predicted octanol–water partition coefficient (Wildman–Crippen LogP) is -0.353. The topological polar surface area (TPSA) is 57.6 Å². The van der Waals surface area contributed by atoms with E-state index < -0.39 is 16.1 Å². The van der Waals surface area contributed by atoms with Crippen LogP contribution in [0.25, 0.3) is 0 Å². The van der Waals surface area contributed by atoms with Gasteiger partial charge in [0, 0.05) is 6.54 Å². The van der Waals surface area contributed by atoms with Gasteiger partial charge in [-0.1, -0.05) is 0 Å². The van der Waals surface area contributed by atoms with Crippen LogP contribution in [-0.4, -0.2) is 42.8 Å². The van der Waals surface area contributed by atoms with E-state index in [1.165, 1.54) is 10.6 Å². The Hall–Kier alpha value is -0.130. The summed E-state index contributed by atoms with van der Waals surface area (Å²) in [7, 11) is -3.12. The third-order valence-electron chi connectivity index (χ3n) is 4.23. The largest absolute Gasteiger partial charge is 0.391 e. The van der Waals surface area contributed by atoms with Crippen LogP contribution in [0, 0.1) is 17.8 Å².